The van der Waals surface area contributed by atoms with Crippen molar-refractivity contribution in [2.24, 2.45) is 0 Å². The van der Waals surface area contributed by atoms with E-state index < -0.39 is 0 Å². The fourth-order valence-electron chi connectivity index (χ4n) is 2.87. The van der Waals surface area contributed by atoms with Gasteiger partial charge in [-0.25, -0.2) is 0 Å². The first-order valence-corrected chi connectivity index (χ1v) is 7.73. The molecule has 1 N–H and O–H groups in total. The Bertz CT molecular complexity index is 433. The van der Waals surface area contributed by atoms with Crippen LogP contribution < -0.4 is 5.32 Å². The first kappa shape index (κ1) is 15.5. The van der Waals surface area contributed by atoms with Crippen LogP contribution in [0.2, 0.25) is 0 Å². The van der Waals surface area contributed by atoms with Crippen LogP contribution in [0.3, 0.4) is 0 Å². The zero-order valence-electron chi connectivity index (χ0n) is 13.3. The van der Waals surface area contributed by atoms with Gasteiger partial charge in [0.1, 0.15) is 0 Å². The molecule has 0 bridgehead atoms. The maximum Gasteiger partial charge on any atom is 0.0896 e. The Morgan fingerprint density at radius 1 is 1.30 bits per heavy atom. The van der Waals surface area contributed by atoms with Crippen LogP contribution in [0.5, 0.6) is 0 Å². The molecule has 1 aliphatic heterocycles. The van der Waals surface area contributed by atoms with Gasteiger partial charge in [-0.15, -0.1) is 0 Å². The van der Waals surface area contributed by atoms with E-state index >= 15 is 0 Å². The number of hydrogen-bond acceptors (Lipinski definition) is 3. The van der Waals surface area contributed by atoms with E-state index in [2.05, 4.69) is 56.2 Å². The van der Waals surface area contributed by atoms with Gasteiger partial charge in [0.15, 0.2) is 0 Å². The summed E-state index contributed by atoms with van der Waals surface area (Å²) < 4.78 is 6.03. The molecule has 1 saturated heterocycles. The second-order valence-electron chi connectivity index (χ2n) is 5.88. The largest absolute Gasteiger partial charge is 0.374 e. The average Bonchev–Trinajstić information content (AvgIpc) is 2.43. The normalized spacial score (nSPS) is 24.0. The van der Waals surface area contributed by atoms with Gasteiger partial charge in [-0.2, -0.15) is 0 Å². The Kier molecular flexibility index (Phi) is 5.58. The van der Waals surface area contributed by atoms with Gasteiger partial charge in [-0.05, 0) is 50.6 Å². The molecule has 112 valence electrons. The summed E-state index contributed by atoms with van der Waals surface area (Å²) in [5.74, 6) is 0. The van der Waals surface area contributed by atoms with E-state index in [1.807, 2.05) is 0 Å². The Morgan fingerprint density at radius 3 is 2.80 bits per heavy atom. The standard InChI is InChI=1S/C17H28N2O/c1-5-8-18-12-16-17(19(4)9-10-20-16)15-7-6-13(2)14(3)11-15/h6-7,11,16-18H,5,8-10,12H2,1-4H3. The summed E-state index contributed by atoms with van der Waals surface area (Å²) in [7, 11) is 2.20. The predicted molar refractivity (Wildman–Crippen MR) is 84.2 cm³/mol. The van der Waals surface area contributed by atoms with Gasteiger partial charge in [-0.1, -0.05) is 25.1 Å². The maximum absolute atomic E-state index is 6.03. The number of ether oxygens (including phenoxy) is 1. The van der Waals surface area contributed by atoms with Gasteiger partial charge >= 0.3 is 0 Å². The zero-order valence-corrected chi connectivity index (χ0v) is 13.3. The first-order chi connectivity index (χ1) is 9.63. The number of nitrogens with zero attached hydrogens (tertiary/aromatic N) is 1. The van der Waals surface area contributed by atoms with Crippen molar-refractivity contribution in [2.75, 3.05) is 33.3 Å². The number of nitrogens with one attached hydrogen (secondary N) is 1. The molecule has 3 nitrogen and oxygen atoms in total. The van der Waals surface area contributed by atoms with Gasteiger partial charge in [0, 0.05) is 13.1 Å². The number of likely N-dealkylation sites (N-methyl/N-ethyl adjacent to an activating group) is 1. The molecule has 0 spiro atoms. The Morgan fingerprint density at radius 2 is 2.10 bits per heavy atom. The molecule has 0 aliphatic carbocycles. The Balaban J connectivity index is 2.15. The van der Waals surface area contributed by atoms with Gasteiger partial charge in [0.2, 0.25) is 0 Å². The molecular formula is C17H28N2O. The first-order valence-electron chi connectivity index (χ1n) is 7.73. The van der Waals surface area contributed by atoms with Crippen molar-refractivity contribution < 1.29 is 4.74 Å². The number of hydrogen-bond donors (Lipinski definition) is 1. The Labute approximate surface area is 123 Å². The van der Waals surface area contributed by atoms with Crippen LogP contribution in [-0.2, 0) is 4.74 Å². The summed E-state index contributed by atoms with van der Waals surface area (Å²) >= 11 is 0. The van der Waals surface area contributed by atoms with Crippen molar-refractivity contribution in [3.8, 4) is 0 Å². The van der Waals surface area contributed by atoms with E-state index in [1.54, 1.807) is 0 Å². The minimum absolute atomic E-state index is 0.238. The Hall–Kier alpha value is -0.900. The van der Waals surface area contributed by atoms with E-state index in [0.29, 0.717) is 6.04 Å². The fraction of sp³-hybridized carbons (Fsp3) is 0.647. The third kappa shape index (κ3) is 3.60. The summed E-state index contributed by atoms with van der Waals surface area (Å²) in [6, 6.07) is 7.15. The SMILES string of the molecule is CCCNCC1OCCN(C)C1c1ccc(C)c(C)c1. The van der Waals surface area contributed by atoms with Crippen LogP contribution in [-0.4, -0.2) is 44.3 Å². The van der Waals surface area contributed by atoms with Crippen LogP contribution in [0.4, 0.5) is 0 Å². The molecule has 1 heterocycles. The van der Waals surface area contributed by atoms with E-state index in [9.17, 15) is 0 Å². The molecule has 0 aromatic heterocycles. The minimum Gasteiger partial charge on any atom is -0.374 e. The van der Waals surface area contributed by atoms with Crippen LogP contribution in [0.15, 0.2) is 18.2 Å². The summed E-state index contributed by atoms with van der Waals surface area (Å²) in [5.41, 5.74) is 4.09. The minimum atomic E-state index is 0.238. The lowest BCUT2D eigenvalue weighted by Crippen LogP contribution is -2.47. The van der Waals surface area contributed by atoms with Crippen molar-refractivity contribution in [3.63, 3.8) is 0 Å². The van der Waals surface area contributed by atoms with Crippen LogP contribution in [0.25, 0.3) is 0 Å². The lowest BCUT2D eigenvalue weighted by Gasteiger charge is -2.39. The molecule has 0 saturated carbocycles. The quantitative estimate of drug-likeness (QED) is 0.837. The third-order valence-corrected chi connectivity index (χ3v) is 4.25. The second kappa shape index (κ2) is 7.21. The van der Waals surface area contributed by atoms with Crippen molar-refractivity contribution >= 4 is 0 Å². The highest BCUT2D eigenvalue weighted by Crippen LogP contribution is 2.29. The van der Waals surface area contributed by atoms with Crippen molar-refractivity contribution in [1.82, 2.24) is 10.2 Å². The lowest BCUT2D eigenvalue weighted by molar-refractivity contribution is -0.0612. The van der Waals surface area contributed by atoms with Crippen molar-refractivity contribution in [3.05, 3.63) is 34.9 Å². The number of aryl methyl sites for hydroxylation is 2. The van der Waals surface area contributed by atoms with Gasteiger partial charge in [0.05, 0.1) is 18.8 Å². The zero-order chi connectivity index (χ0) is 14.5. The molecule has 2 rings (SSSR count). The lowest BCUT2D eigenvalue weighted by atomic mass is 9.95. The predicted octanol–water partition coefficient (Wildman–Crippen LogP) is 2.67. The molecule has 1 aromatic rings. The summed E-state index contributed by atoms with van der Waals surface area (Å²) in [6.45, 7) is 10.4. The molecule has 0 amide bonds. The monoisotopic (exact) mass is 276 g/mol. The summed E-state index contributed by atoms with van der Waals surface area (Å²) in [6.07, 6.45) is 1.40. The van der Waals surface area contributed by atoms with E-state index in [-0.39, 0.29) is 6.10 Å². The number of morpholine rings is 1. The van der Waals surface area contributed by atoms with Gasteiger partial charge < -0.3 is 10.1 Å². The highest BCUT2D eigenvalue weighted by molar-refractivity contribution is 5.32. The fourth-order valence-corrected chi connectivity index (χ4v) is 2.87. The van der Waals surface area contributed by atoms with E-state index in [1.165, 1.54) is 16.7 Å². The number of benzene rings is 1. The molecule has 2 unspecified atom stereocenters. The highest BCUT2D eigenvalue weighted by Gasteiger charge is 2.31. The molecule has 20 heavy (non-hydrogen) atoms. The third-order valence-electron chi connectivity index (χ3n) is 4.25. The molecule has 0 radical (unpaired) electrons. The van der Waals surface area contributed by atoms with Crippen LogP contribution >= 0.6 is 0 Å². The second-order valence-corrected chi connectivity index (χ2v) is 5.88. The number of rotatable bonds is 5. The van der Waals surface area contributed by atoms with Crippen LogP contribution in [0, 0.1) is 13.8 Å². The summed E-state index contributed by atoms with van der Waals surface area (Å²) in [5, 5.41) is 3.50. The molecule has 1 aromatic carbocycles. The van der Waals surface area contributed by atoms with Crippen molar-refractivity contribution in [1.29, 1.82) is 0 Å². The smallest absolute Gasteiger partial charge is 0.0896 e. The maximum atomic E-state index is 6.03. The summed E-state index contributed by atoms with van der Waals surface area (Å²) in [4.78, 5) is 2.42. The molecule has 2 atom stereocenters. The molecular weight excluding hydrogens is 248 g/mol. The van der Waals surface area contributed by atoms with Gasteiger partial charge in [-0.3, -0.25) is 4.90 Å². The van der Waals surface area contributed by atoms with E-state index in [4.69, 9.17) is 4.74 Å². The topological polar surface area (TPSA) is 24.5 Å². The molecule has 1 fully saturated rings. The highest BCUT2D eigenvalue weighted by atomic mass is 16.5. The average molecular weight is 276 g/mol. The van der Waals surface area contributed by atoms with E-state index in [0.717, 1.165) is 32.7 Å². The molecule has 1 aliphatic rings. The van der Waals surface area contributed by atoms with Crippen molar-refractivity contribution in [2.45, 2.75) is 39.3 Å². The van der Waals surface area contributed by atoms with Gasteiger partial charge in [0.25, 0.3) is 0 Å². The van der Waals surface area contributed by atoms with Crippen LogP contribution in [0.1, 0.15) is 36.1 Å². The molecule has 3 heteroatoms.